The molecule has 0 unspecified atom stereocenters. The second-order valence-corrected chi connectivity index (χ2v) is 6.47. The van der Waals surface area contributed by atoms with Gasteiger partial charge in [-0.15, -0.1) is 10.2 Å². The Bertz CT molecular complexity index is 854. The Kier molecular flexibility index (Phi) is 4.89. The summed E-state index contributed by atoms with van der Waals surface area (Å²) in [5, 5.41) is 9.86. The molecule has 2 heterocycles. The molecule has 2 aromatic heterocycles. The molecule has 3 aromatic rings. The largest absolute Gasteiger partial charge is 0.460 e. The lowest BCUT2D eigenvalue weighted by Crippen LogP contribution is -2.06. The smallest absolute Gasteiger partial charge is 0.374 e. The molecule has 7 heteroatoms. The molecule has 0 fully saturated rings. The third kappa shape index (κ3) is 3.17. The van der Waals surface area contributed by atoms with E-state index < -0.39 is 5.97 Å². The minimum Gasteiger partial charge on any atom is -0.460 e. The molecule has 3 rings (SSSR count). The molecule has 0 spiro atoms. The van der Waals surface area contributed by atoms with Gasteiger partial charge in [-0.2, -0.15) is 0 Å². The first kappa shape index (κ1) is 16.6. The molecule has 0 radical (unpaired) electrons. The SMILES string of the molecule is CCOC(=O)c1oc2ccccc2c1CSc1nncn1C(C)C. The number of carbonyl (C=O) groups excluding carboxylic acids is 1. The van der Waals surface area contributed by atoms with Crippen LogP contribution in [-0.2, 0) is 10.5 Å². The summed E-state index contributed by atoms with van der Waals surface area (Å²) in [6.07, 6.45) is 1.72. The highest BCUT2D eigenvalue weighted by atomic mass is 32.2. The van der Waals surface area contributed by atoms with Crippen LogP contribution in [0, 0.1) is 0 Å². The van der Waals surface area contributed by atoms with Crippen molar-refractivity contribution in [1.29, 1.82) is 0 Å². The fourth-order valence-electron chi connectivity index (χ4n) is 2.43. The molecule has 0 aliphatic carbocycles. The molecular formula is C17H19N3O3S. The van der Waals surface area contributed by atoms with Gasteiger partial charge in [0, 0.05) is 22.7 Å². The number of furan rings is 1. The lowest BCUT2D eigenvalue weighted by Gasteiger charge is -2.09. The molecule has 0 aliphatic heterocycles. The van der Waals surface area contributed by atoms with E-state index in [0.717, 1.165) is 16.1 Å². The highest BCUT2D eigenvalue weighted by Gasteiger charge is 2.22. The Hall–Kier alpha value is -2.28. The van der Waals surface area contributed by atoms with E-state index in [-0.39, 0.29) is 11.8 Å². The number of hydrogen-bond donors (Lipinski definition) is 0. The molecule has 24 heavy (non-hydrogen) atoms. The summed E-state index contributed by atoms with van der Waals surface area (Å²) in [6.45, 7) is 6.24. The molecule has 0 amide bonds. The van der Waals surface area contributed by atoms with E-state index in [4.69, 9.17) is 9.15 Å². The number of fused-ring (bicyclic) bond motifs is 1. The van der Waals surface area contributed by atoms with Gasteiger partial charge in [0.05, 0.1) is 6.61 Å². The van der Waals surface area contributed by atoms with Crippen molar-refractivity contribution in [2.45, 2.75) is 37.7 Å². The number of rotatable bonds is 6. The Morgan fingerprint density at radius 3 is 2.92 bits per heavy atom. The van der Waals surface area contributed by atoms with Gasteiger partial charge in [-0.3, -0.25) is 0 Å². The maximum absolute atomic E-state index is 12.2. The lowest BCUT2D eigenvalue weighted by molar-refractivity contribution is 0.0491. The Morgan fingerprint density at radius 1 is 1.38 bits per heavy atom. The van der Waals surface area contributed by atoms with Crippen LogP contribution in [0.3, 0.4) is 0 Å². The summed E-state index contributed by atoms with van der Waals surface area (Å²) >= 11 is 1.53. The average Bonchev–Trinajstić information content (AvgIpc) is 3.17. The number of thioether (sulfide) groups is 1. The standard InChI is InChI=1S/C17H19N3O3S/c1-4-22-16(21)15-13(12-7-5-6-8-14(12)23-15)9-24-17-19-18-10-20(17)11(2)3/h5-8,10-11H,4,9H2,1-3H3. The van der Waals surface area contributed by atoms with E-state index in [1.165, 1.54) is 11.8 Å². The molecule has 0 bridgehead atoms. The van der Waals surface area contributed by atoms with Crippen LogP contribution in [0.2, 0.25) is 0 Å². The molecule has 126 valence electrons. The van der Waals surface area contributed by atoms with E-state index >= 15 is 0 Å². The molecule has 0 aliphatic rings. The maximum atomic E-state index is 12.2. The zero-order valence-corrected chi connectivity index (χ0v) is 14.7. The Balaban J connectivity index is 1.94. The van der Waals surface area contributed by atoms with Crippen molar-refractivity contribution in [3.05, 3.63) is 41.9 Å². The van der Waals surface area contributed by atoms with Crippen molar-refractivity contribution in [3.63, 3.8) is 0 Å². The third-order valence-corrected chi connectivity index (χ3v) is 4.58. The predicted molar refractivity (Wildman–Crippen MR) is 92.1 cm³/mol. The van der Waals surface area contributed by atoms with Crippen LogP contribution < -0.4 is 0 Å². The number of benzene rings is 1. The Labute approximate surface area is 144 Å². The van der Waals surface area contributed by atoms with Crippen LogP contribution in [-0.4, -0.2) is 27.3 Å². The molecule has 0 N–H and O–H groups in total. The quantitative estimate of drug-likeness (QED) is 0.495. The van der Waals surface area contributed by atoms with Crippen molar-refractivity contribution in [2.75, 3.05) is 6.61 Å². The highest BCUT2D eigenvalue weighted by molar-refractivity contribution is 7.98. The number of esters is 1. The number of aromatic nitrogens is 3. The zero-order valence-electron chi connectivity index (χ0n) is 13.9. The highest BCUT2D eigenvalue weighted by Crippen LogP contribution is 2.32. The van der Waals surface area contributed by atoms with E-state index in [9.17, 15) is 4.79 Å². The topological polar surface area (TPSA) is 70.2 Å². The average molecular weight is 345 g/mol. The van der Waals surface area contributed by atoms with Crippen LogP contribution in [0.4, 0.5) is 0 Å². The number of carbonyl (C=O) groups is 1. The fourth-order valence-corrected chi connectivity index (χ4v) is 3.50. The molecule has 0 atom stereocenters. The van der Waals surface area contributed by atoms with Crippen LogP contribution >= 0.6 is 11.8 Å². The summed E-state index contributed by atoms with van der Waals surface area (Å²) in [5.41, 5.74) is 1.51. The zero-order chi connectivity index (χ0) is 17.1. The molecular weight excluding hydrogens is 326 g/mol. The molecule has 1 aromatic carbocycles. The van der Waals surface area contributed by atoms with Gasteiger partial charge in [-0.25, -0.2) is 4.79 Å². The predicted octanol–water partition coefficient (Wildman–Crippen LogP) is 4.07. The second kappa shape index (κ2) is 7.09. The lowest BCUT2D eigenvalue weighted by atomic mass is 10.1. The Morgan fingerprint density at radius 2 is 2.17 bits per heavy atom. The van der Waals surface area contributed by atoms with Crippen molar-refractivity contribution in [3.8, 4) is 0 Å². The van der Waals surface area contributed by atoms with Crippen LogP contribution in [0.25, 0.3) is 11.0 Å². The summed E-state index contributed by atoms with van der Waals surface area (Å²) in [4.78, 5) is 12.2. The van der Waals surface area contributed by atoms with Gasteiger partial charge in [0.2, 0.25) is 5.76 Å². The summed E-state index contributed by atoms with van der Waals surface area (Å²) < 4.78 is 12.8. The minimum absolute atomic E-state index is 0.265. The molecule has 6 nitrogen and oxygen atoms in total. The van der Waals surface area contributed by atoms with Gasteiger partial charge in [0.15, 0.2) is 5.16 Å². The first-order valence-corrected chi connectivity index (χ1v) is 8.80. The van der Waals surface area contributed by atoms with E-state index in [0.29, 0.717) is 17.9 Å². The van der Waals surface area contributed by atoms with E-state index in [1.807, 2.05) is 28.8 Å². The van der Waals surface area contributed by atoms with Crippen LogP contribution in [0.5, 0.6) is 0 Å². The maximum Gasteiger partial charge on any atom is 0.374 e. The van der Waals surface area contributed by atoms with Gasteiger partial charge in [0.25, 0.3) is 0 Å². The van der Waals surface area contributed by atoms with E-state index in [2.05, 4.69) is 24.0 Å². The van der Waals surface area contributed by atoms with Crippen LogP contribution in [0.15, 0.2) is 40.2 Å². The number of nitrogens with zero attached hydrogens (tertiary/aromatic N) is 3. The first-order valence-electron chi connectivity index (χ1n) is 7.81. The van der Waals surface area contributed by atoms with Crippen molar-refractivity contribution in [2.24, 2.45) is 0 Å². The van der Waals surface area contributed by atoms with Gasteiger partial charge in [-0.1, -0.05) is 30.0 Å². The van der Waals surface area contributed by atoms with Crippen molar-refractivity contribution in [1.82, 2.24) is 14.8 Å². The van der Waals surface area contributed by atoms with Gasteiger partial charge >= 0.3 is 5.97 Å². The normalized spacial score (nSPS) is 11.3. The molecule has 0 saturated heterocycles. The fraction of sp³-hybridized carbons (Fsp3) is 0.353. The minimum atomic E-state index is -0.436. The monoisotopic (exact) mass is 345 g/mol. The van der Waals surface area contributed by atoms with Crippen molar-refractivity contribution >= 4 is 28.7 Å². The number of para-hydroxylation sites is 1. The van der Waals surface area contributed by atoms with Crippen molar-refractivity contribution < 1.29 is 13.9 Å². The third-order valence-electron chi connectivity index (χ3n) is 3.60. The van der Waals surface area contributed by atoms with Gasteiger partial charge < -0.3 is 13.7 Å². The number of hydrogen-bond acceptors (Lipinski definition) is 6. The summed E-state index contributed by atoms with van der Waals surface area (Å²) in [7, 11) is 0. The summed E-state index contributed by atoms with van der Waals surface area (Å²) in [5.74, 6) is 0.382. The first-order chi connectivity index (χ1) is 11.6. The number of ether oxygens (including phenoxy) is 1. The van der Waals surface area contributed by atoms with Crippen LogP contribution in [0.1, 0.15) is 42.9 Å². The molecule has 0 saturated carbocycles. The van der Waals surface area contributed by atoms with E-state index in [1.54, 1.807) is 13.3 Å². The second-order valence-electron chi connectivity index (χ2n) is 5.53. The van der Waals surface area contributed by atoms with Gasteiger partial charge in [-0.05, 0) is 26.8 Å². The summed E-state index contributed by atoms with van der Waals surface area (Å²) in [6, 6.07) is 7.88. The van der Waals surface area contributed by atoms with Gasteiger partial charge in [0.1, 0.15) is 11.9 Å².